The van der Waals surface area contributed by atoms with Crippen LogP contribution in [0, 0.1) is 29.1 Å². The van der Waals surface area contributed by atoms with Crippen molar-refractivity contribution >= 4 is 44.4 Å². The molecule has 13 nitrogen and oxygen atoms in total. The van der Waals surface area contributed by atoms with E-state index in [1.165, 1.54) is 0 Å². The lowest BCUT2D eigenvalue weighted by Gasteiger charge is -2.33. The number of sulfonamides is 1. The molecule has 1 saturated heterocycles. The number of aromatic nitrogens is 1. The van der Waals surface area contributed by atoms with Gasteiger partial charge in [0, 0.05) is 29.8 Å². The van der Waals surface area contributed by atoms with Crippen LogP contribution in [0.4, 0.5) is 0 Å². The summed E-state index contributed by atoms with van der Waals surface area (Å²) in [5.74, 6) is -1.35. The number of nitrogens with zero attached hydrogens (tertiary/aromatic N) is 2. The minimum absolute atomic E-state index is 0.0489. The summed E-state index contributed by atoms with van der Waals surface area (Å²) in [6.07, 6.45) is 8.87. The van der Waals surface area contributed by atoms with Crippen LogP contribution in [0.3, 0.4) is 0 Å². The number of ketones is 1. The van der Waals surface area contributed by atoms with Gasteiger partial charge in [0.15, 0.2) is 17.3 Å². The first-order chi connectivity index (χ1) is 26.6. The number of amides is 2. The maximum Gasteiger partial charge on any atom is 0.307 e. The first kappa shape index (κ1) is 40.0. The van der Waals surface area contributed by atoms with Gasteiger partial charge in [-0.25, -0.2) is 13.4 Å². The van der Waals surface area contributed by atoms with Crippen molar-refractivity contribution in [3.63, 3.8) is 0 Å². The maximum atomic E-state index is 15.0. The first-order valence-electron chi connectivity index (χ1n) is 20.2. The van der Waals surface area contributed by atoms with Gasteiger partial charge in [-0.2, -0.15) is 0 Å². The highest BCUT2D eigenvalue weighted by Gasteiger charge is 2.61. The Balaban J connectivity index is 1.23. The Labute approximate surface area is 329 Å². The van der Waals surface area contributed by atoms with Crippen LogP contribution in [0.2, 0.25) is 0 Å². The molecule has 0 radical (unpaired) electrons. The van der Waals surface area contributed by atoms with Gasteiger partial charge in [0.1, 0.15) is 24.9 Å². The number of carbonyl (C=O) groups excluding carboxylic acids is 4. The number of esters is 1. The molecular weight excluding hydrogens is 739 g/mol. The fourth-order valence-corrected chi connectivity index (χ4v) is 10.2. The molecule has 4 heterocycles. The van der Waals surface area contributed by atoms with E-state index < -0.39 is 56.2 Å². The van der Waals surface area contributed by atoms with E-state index in [4.69, 9.17) is 18.9 Å². The summed E-state index contributed by atoms with van der Waals surface area (Å²) in [6.45, 7) is 10.4. The number of Topliss-reactive ketones (excluding diaryl/α,β-unsaturated/α-hetero) is 1. The molecule has 3 fully saturated rings. The zero-order valence-corrected chi connectivity index (χ0v) is 33.9. The topological polar surface area (TPSA) is 168 Å². The van der Waals surface area contributed by atoms with Crippen LogP contribution in [-0.4, -0.2) is 84.6 Å². The number of hydrogen-bond donors (Lipinski definition) is 1. The summed E-state index contributed by atoms with van der Waals surface area (Å²) >= 11 is 0. The Hall–Kier alpha value is -4.20. The van der Waals surface area contributed by atoms with Gasteiger partial charge in [0.05, 0.1) is 35.6 Å². The summed E-state index contributed by atoms with van der Waals surface area (Å²) in [6, 6.07) is 4.49. The van der Waals surface area contributed by atoms with Crippen LogP contribution < -0.4 is 18.9 Å². The molecule has 0 spiro atoms. The molecule has 1 aromatic carbocycles. The maximum absolute atomic E-state index is 15.0. The van der Waals surface area contributed by atoms with Crippen LogP contribution in [-0.2, 0) is 33.9 Å². The second-order valence-electron chi connectivity index (χ2n) is 17.5. The Bertz CT molecular complexity index is 2010. The summed E-state index contributed by atoms with van der Waals surface area (Å²) in [5, 5.41) is 0.838. The molecule has 2 amide bonds. The third-order valence-corrected chi connectivity index (χ3v) is 13.8. The molecule has 5 aliphatic rings. The largest absolute Gasteiger partial charge is 0.486 e. The van der Waals surface area contributed by atoms with Crippen molar-refractivity contribution in [2.45, 2.75) is 122 Å². The van der Waals surface area contributed by atoms with E-state index in [9.17, 15) is 22.8 Å². The van der Waals surface area contributed by atoms with Crippen LogP contribution in [0.15, 0.2) is 36.5 Å². The average Bonchev–Trinajstić information content (AvgIpc) is 4.07. The number of hydrogen-bond acceptors (Lipinski definition) is 11. The van der Waals surface area contributed by atoms with Crippen molar-refractivity contribution in [2.24, 2.45) is 29.1 Å². The number of benzene rings is 1. The predicted octanol–water partition coefficient (Wildman–Crippen LogP) is 5.68. The summed E-state index contributed by atoms with van der Waals surface area (Å²) in [4.78, 5) is 63.1. The molecule has 56 heavy (non-hydrogen) atoms. The summed E-state index contributed by atoms with van der Waals surface area (Å²) in [7, 11) is -3.86. The normalized spacial score (nSPS) is 30.3. The number of carbonyl (C=O) groups is 4. The zero-order valence-electron chi connectivity index (χ0n) is 33.1. The first-order valence-corrected chi connectivity index (χ1v) is 21.7. The van der Waals surface area contributed by atoms with Gasteiger partial charge < -0.3 is 23.8 Å². The monoisotopic (exact) mass is 793 g/mol. The standard InChI is InChI=1S/C42H55N3O10S/c1-6-26-19-25(2)9-7-8-10-27-22-42(27,40(49)44-56(50,51)29-11-12-29)23-34(46)33-20-28(24-45(33)39(48)32(26)21-36(47)55-41(3,4)5)54-38-31-13-14-35-37(53-18-17-52-35)30(31)15-16-43-38/h8,10,13-16,25-29,32-33H,6-7,9,11-12,17-24H2,1-5H3,(H,44,49)/b10-8-/t25-,26-,27-,28-,32+,33+,42-/m1/s1. The van der Waals surface area contributed by atoms with Gasteiger partial charge in [0.2, 0.25) is 27.7 Å². The molecule has 14 heteroatoms. The molecule has 2 saturated carbocycles. The number of pyridine rings is 1. The molecule has 7 atom stereocenters. The lowest BCUT2D eigenvalue weighted by Crippen LogP contribution is -2.48. The Kier molecular flexibility index (Phi) is 11.2. The summed E-state index contributed by atoms with van der Waals surface area (Å²) in [5.41, 5.74) is -2.01. The van der Waals surface area contributed by atoms with E-state index >= 15 is 4.79 Å². The van der Waals surface area contributed by atoms with E-state index in [0.29, 0.717) is 68.1 Å². The van der Waals surface area contributed by atoms with Crippen molar-refractivity contribution < 1.29 is 46.5 Å². The fourth-order valence-electron chi connectivity index (χ4n) is 8.80. The molecule has 0 bridgehead atoms. The van der Waals surface area contributed by atoms with Crippen molar-refractivity contribution in [3.8, 4) is 17.4 Å². The third kappa shape index (κ3) is 8.55. The number of ether oxygens (including phenoxy) is 4. The number of nitrogens with one attached hydrogen (secondary N) is 1. The predicted molar refractivity (Wildman–Crippen MR) is 207 cm³/mol. The van der Waals surface area contributed by atoms with E-state index in [2.05, 4.69) is 16.6 Å². The molecule has 0 unspecified atom stereocenters. The molecule has 1 N–H and O–H groups in total. The fraction of sp³-hybridized carbons (Fsp3) is 0.643. The minimum Gasteiger partial charge on any atom is -0.486 e. The van der Waals surface area contributed by atoms with Gasteiger partial charge in [-0.15, -0.1) is 0 Å². The molecule has 1 aromatic heterocycles. The summed E-state index contributed by atoms with van der Waals surface area (Å²) < 4.78 is 52.2. The molecule has 304 valence electrons. The average molecular weight is 794 g/mol. The third-order valence-electron chi connectivity index (χ3n) is 12.0. The quantitative estimate of drug-likeness (QED) is 0.258. The van der Waals surface area contributed by atoms with Gasteiger partial charge in [-0.1, -0.05) is 32.4 Å². The van der Waals surface area contributed by atoms with E-state index in [1.807, 2.05) is 31.2 Å². The Morgan fingerprint density at radius 2 is 1.82 bits per heavy atom. The molecule has 3 aliphatic heterocycles. The van der Waals surface area contributed by atoms with Gasteiger partial charge in [-0.3, -0.25) is 23.9 Å². The zero-order chi connectivity index (χ0) is 40.0. The molecule has 2 aromatic rings. The van der Waals surface area contributed by atoms with Crippen LogP contribution in [0.1, 0.15) is 98.8 Å². The number of rotatable bonds is 8. The lowest BCUT2D eigenvalue weighted by atomic mass is 9.79. The highest BCUT2D eigenvalue weighted by Crippen LogP contribution is 2.57. The second kappa shape index (κ2) is 15.6. The van der Waals surface area contributed by atoms with Crippen molar-refractivity contribution in [2.75, 3.05) is 19.8 Å². The van der Waals surface area contributed by atoms with Crippen molar-refractivity contribution in [3.05, 3.63) is 36.5 Å². The molecule has 2 aliphatic carbocycles. The highest BCUT2D eigenvalue weighted by molar-refractivity contribution is 7.90. The van der Waals surface area contributed by atoms with Crippen LogP contribution >= 0.6 is 0 Å². The van der Waals surface area contributed by atoms with E-state index in [0.717, 1.165) is 18.2 Å². The minimum atomic E-state index is -3.86. The lowest BCUT2D eigenvalue weighted by molar-refractivity contribution is -0.160. The van der Waals surface area contributed by atoms with Gasteiger partial charge in [-0.05, 0) is 95.2 Å². The van der Waals surface area contributed by atoms with E-state index in [1.54, 1.807) is 37.9 Å². The molecular formula is C42H55N3O10S. The second-order valence-corrected chi connectivity index (χ2v) is 19.4. The van der Waals surface area contributed by atoms with Crippen molar-refractivity contribution in [1.29, 1.82) is 0 Å². The number of fused-ring (bicyclic) bond motifs is 5. The molecule has 7 rings (SSSR count). The van der Waals surface area contributed by atoms with Gasteiger partial charge in [0.25, 0.3) is 0 Å². The Morgan fingerprint density at radius 3 is 2.55 bits per heavy atom. The highest BCUT2D eigenvalue weighted by atomic mass is 32.2. The van der Waals surface area contributed by atoms with Crippen molar-refractivity contribution in [1.82, 2.24) is 14.6 Å². The van der Waals surface area contributed by atoms with Crippen LogP contribution in [0.5, 0.6) is 17.4 Å². The van der Waals surface area contributed by atoms with Crippen LogP contribution in [0.25, 0.3) is 10.8 Å². The van der Waals surface area contributed by atoms with E-state index in [-0.39, 0.29) is 55.3 Å². The number of allylic oxidation sites excluding steroid dienone is 2. The van der Waals surface area contributed by atoms with Gasteiger partial charge >= 0.3 is 5.97 Å². The SMILES string of the molecule is CC[C@@H]1C[C@H](C)CC/C=C\[C@@H]2C[C@@]2(C(=O)NS(=O)(=O)C2CC2)CC(=O)[C@@H]2C[C@@H](Oc3nccc4c5c(ccc34)OCCO5)CN2C(=O)[C@H]1CC(=O)OC(C)(C)C. The Morgan fingerprint density at radius 1 is 1.05 bits per heavy atom. The smallest absolute Gasteiger partial charge is 0.307 e.